The van der Waals surface area contributed by atoms with Crippen LogP contribution in [-0.2, 0) is 0 Å². The standard InChI is InChI=1S/C14H21BrN2O2/c1-3-5-17(4-2)12(8-16)10-6-11(15)14-13(7-10)18-9-19-14/h6-7,12H,3-5,8-9,16H2,1-2H3. The molecule has 1 aliphatic heterocycles. The van der Waals surface area contributed by atoms with Crippen LogP contribution in [0.15, 0.2) is 16.6 Å². The summed E-state index contributed by atoms with van der Waals surface area (Å²) in [6.45, 7) is 7.27. The lowest BCUT2D eigenvalue weighted by molar-refractivity contribution is 0.173. The van der Waals surface area contributed by atoms with Gasteiger partial charge in [0.2, 0.25) is 6.79 Å². The Morgan fingerprint density at radius 3 is 2.79 bits per heavy atom. The molecule has 1 aromatic rings. The molecule has 0 radical (unpaired) electrons. The van der Waals surface area contributed by atoms with Crippen LogP contribution < -0.4 is 15.2 Å². The average molecular weight is 329 g/mol. The molecule has 2 N–H and O–H groups in total. The third-order valence-corrected chi connectivity index (χ3v) is 4.00. The molecule has 0 spiro atoms. The highest BCUT2D eigenvalue weighted by atomic mass is 79.9. The predicted octanol–water partition coefficient (Wildman–Crippen LogP) is 2.91. The lowest BCUT2D eigenvalue weighted by Crippen LogP contribution is -2.34. The van der Waals surface area contributed by atoms with E-state index in [1.807, 2.05) is 6.07 Å². The van der Waals surface area contributed by atoms with Crippen LogP contribution in [0.5, 0.6) is 11.5 Å². The molecule has 0 aromatic heterocycles. The van der Waals surface area contributed by atoms with E-state index in [9.17, 15) is 0 Å². The molecular formula is C14H21BrN2O2. The summed E-state index contributed by atoms with van der Waals surface area (Å²) < 4.78 is 11.8. The van der Waals surface area contributed by atoms with E-state index < -0.39 is 0 Å². The minimum absolute atomic E-state index is 0.218. The Balaban J connectivity index is 2.30. The van der Waals surface area contributed by atoms with Gasteiger partial charge in [-0.3, -0.25) is 4.90 Å². The van der Waals surface area contributed by atoms with Gasteiger partial charge in [-0.15, -0.1) is 0 Å². The summed E-state index contributed by atoms with van der Waals surface area (Å²) in [7, 11) is 0. The second-order valence-corrected chi connectivity index (χ2v) is 5.47. The van der Waals surface area contributed by atoms with Gasteiger partial charge in [-0.05, 0) is 53.1 Å². The molecule has 0 saturated carbocycles. The highest BCUT2D eigenvalue weighted by Crippen LogP contribution is 2.41. The summed E-state index contributed by atoms with van der Waals surface area (Å²) in [5, 5.41) is 0. The van der Waals surface area contributed by atoms with E-state index in [1.165, 1.54) is 5.56 Å². The van der Waals surface area contributed by atoms with Crippen LogP contribution in [0.4, 0.5) is 0 Å². The number of nitrogens with two attached hydrogens (primary N) is 1. The summed E-state index contributed by atoms with van der Waals surface area (Å²) in [6.07, 6.45) is 1.12. The van der Waals surface area contributed by atoms with E-state index in [1.54, 1.807) is 0 Å². The Morgan fingerprint density at radius 2 is 2.16 bits per heavy atom. The van der Waals surface area contributed by atoms with E-state index in [2.05, 4.69) is 40.7 Å². The Morgan fingerprint density at radius 1 is 1.37 bits per heavy atom. The third kappa shape index (κ3) is 3.04. The largest absolute Gasteiger partial charge is 0.454 e. The molecular weight excluding hydrogens is 308 g/mol. The van der Waals surface area contributed by atoms with Crippen molar-refractivity contribution in [3.05, 3.63) is 22.2 Å². The Labute approximate surface area is 123 Å². The number of ether oxygens (including phenoxy) is 2. The molecule has 0 aliphatic carbocycles. The van der Waals surface area contributed by atoms with Crippen LogP contribution in [-0.4, -0.2) is 31.3 Å². The van der Waals surface area contributed by atoms with Crippen molar-refractivity contribution in [2.24, 2.45) is 5.73 Å². The molecule has 4 nitrogen and oxygen atoms in total. The van der Waals surface area contributed by atoms with Crippen molar-refractivity contribution in [1.29, 1.82) is 0 Å². The van der Waals surface area contributed by atoms with Crippen molar-refractivity contribution in [2.75, 3.05) is 26.4 Å². The van der Waals surface area contributed by atoms with Crippen molar-refractivity contribution < 1.29 is 9.47 Å². The molecule has 1 aliphatic rings. The van der Waals surface area contributed by atoms with Crippen LogP contribution in [0.3, 0.4) is 0 Å². The second kappa shape index (κ2) is 6.59. The van der Waals surface area contributed by atoms with Gasteiger partial charge >= 0.3 is 0 Å². The fourth-order valence-electron chi connectivity index (χ4n) is 2.50. The molecule has 106 valence electrons. The van der Waals surface area contributed by atoms with Gasteiger partial charge in [0.25, 0.3) is 0 Å². The average Bonchev–Trinajstić information content (AvgIpc) is 2.87. The fraction of sp³-hybridized carbons (Fsp3) is 0.571. The SMILES string of the molecule is CCCN(CC)C(CN)c1cc(Br)c2c(c1)OCO2. The van der Waals surface area contributed by atoms with Gasteiger partial charge in [-0.25, -0.2) is 0 Å². The molecule has 0 fully saturated rings. The van der Waals surface area contributed by atoms with Crippen molar-refractivity contribution in [2.45, 2.75) is 26.3 Å². The number of fused-ring (bicyclic) bond motifs is 1. The maximum absolute atomic E-state index is 5.98. The minimum atomic E-state index is 0.218. The molecule has 0 saturated heterocycles. The number of hydrogen-bond donors (Lipinski definition) is 1. The van der Waals surface area contributed by atoms with E-state index >= 15 is 0 Å². The van der Waals surface area contributed by atoms with Gasteiger partial charge in [0.15, 0.2) is 11.5 Å². The van der Waals surface area contributed by atoms with E-state index in [0.717, 1.165) is 35.5 Å². The zero-order valence-corrected chi connectivity index (χ0v) is 13.1. The first-order valence-corrected chi connectivity index (χ1v) is 7.53. The molecule has 0 amide bonds. The Hall–Kier alpha value is -0.780. The number of rotatable bonds is 6. The molecule has 5 heteroatoms. The van der Waals surface area contributed by atoms with Gasteiger partial charge in [0, 0.05) is 12.6 Å². The van der Waals surface area contributed by atoms with Gasteiger partial charge in [0.05, 0.1) is 4.47 Å². The zero-order valence-electron chi connectivity index (χ0n) is 11.5. The highest BCUT2D eigenvalue weighted by Gasteiger charge is 2.23. The maximum atomic E-state index is 5.98. The number of benzene rings is 1. The maximum Gasteiger partial charge on any atom is 0.231 e. The predicted molar refractivity (Wildman–Crippen MR) is 79.6 cm³/mol. The van der Waals surface area contributed by atoms with Crippen LogP contribution >= 0.6 is 15.9 Å². The van der Waals surface area contributed by atoms with Crippen LogP contribution in [0.1, 0.15) is 31.9 Å². The molecule has 0 bridgehead atoms. The van der Waals surface area contributed by atoms with Gasteiger partial charge in [0.1, 0.15) is 0 Å². The first kappa shape index (κ1) is 14.6. The van der Waals surface area contributed by atoms with Gasteiger partial charge in [-0.2, -0.15) is 0 Å². The van der Waals surface area contributed by atoms with Gasteiger partial charge < -0.3 is 15.2 Å². The summed E-state index contributed by atoms with van der Waals surface area (Å²) in [6, 6.07) is 4.35. The molecule has 1 heterocycles. The van der Waals surface area contributed by atoms with Gasteiger partial charge in [-0.1, -0.05) is 13.8 Å². The van der Waals surface area contributed by atoms with Crippen LogP contribution in [0.2, 0.25) is 0 Å². The summed E-state index contributed by atoms with van der Waals surface area (Å²) in [5.74, 6) is 1.59. The Bertz CT molecular complexity index is 440. The second-order valence-electron chi connectivity index (χ2n) is 4.62. The first-order valence-electron chi connectivity index (χ1n) is 6.74. The van der Waals surface area contributed by atoms with Crippen LogP contribution in [0.25, 0.3) is 0 Å². The molecule has 19 heavy (non-hydrogen) atoms. The molecule has 1 unspecified atom stereocenters. The zero-order chi connectivity index (χ0) is 13.8. The lowest BCUT2D eigenvalue weighted by atomic mass is 10.0. The van der Waals surface area contributed by atoms with E-state index in [-0.39, 0.29) is 12.8 Å². The third-order valence-electron chi connectivity index (χ3n) is 3.42. The smallest absolute Gasteiger partial charge is 0.231 e. The monoisotopic (exact) mass is 328 g/mol. The quantitative estimate of drug-likeness (QED) is 0.872. The van der Waals surface area contributed by atoms with Crippen molar-refractivity contribution in [3.63, 3.8) is 0 Å². The normalized spacial score (nSPS) is 15.0. The number of hydrogen-bond acceptors (Lipinski definition) is 4. The Kier molecular flexibility index (Phi) is 5.07. The van der Waals surface area contributed by atoms with E-state index in [0.29, 0.717) is 6.54 Å². The molecule has 1 atom stereocenters. The summed E-state index contributed by atoms with van der Waals surface area (Å²) >= 11 is 3.54. The fourth-order valence-corrected chi connectivity index (χ4v) is 3.07. The topological polar surface area (TPSA) is 47.7 Å². The molecule has 2 rings (SSSR count). The summed E-state index contributed by atoms with van der Waals surface area (Å²) in [5.41, 5.74) is 7.15. The van der Waals surface area contributed by atoms with Crippen molar-refractivity contribution in [3.8, 4) is 11.5 Å². The number of likely N-dealkylation sites (N-methyl/N-ethyl adjacent to an activating group) is 1. The van der Waals surface area contributed by atoms with E-state index in [4.69, 9.17) is 15.2 Å². The number of halogens is 1. The lowest BCUT2D eigenvalue weighted by Gasteiger charge is -2.30. The summed E-state index contributed by atoms with van der Waals surface area (Å²) in [4.78, 5) is 2.39. The van der Waals surface area contributed by atoms with Crippen molar-refractivity contribution in [1.82, 2.24) is 4.90 Å². The van der Waals surface area contributed by atoms with Crippen molar-refractivity contribution >= 4 is 15.9 Å². The number of nitrogens with zero attached hydrogens (tertiary/aromatic N) is 1. The minimum Gasteiger partial charge on any atom is -0.454 e. The molecule has 1 aromatic carbocycles. The highest BCUT2D eigenvalue weighted by molar-refractivity contribution is 9.10. The van der Waals surface area contributed by atoms with Crippen LogP contribution in [0, 0.1) is 0 Å². The first-order chi connectivity index (χ1) is 9.21.